The van der Waals surface area contributed by atoms with Crippen molar-refractivity contribution in [1.29, 1.82) is 0 Å². The molecule has 4 bridgehead atoms. The summed E-state index contributed by atoms with van der Waals surface area (Å²) in [7, 11) is 0. The van der Waals surface area contributed by atoms with Gasteiger partial charge >= 0.3 is 12.1 Å². The molecule has 5 nitrogen and oxygen atoms in total. The van der Waals surface area contributed by atoms with E-state index in [-0.39, 0.29) is 30.9 Å². The number of hydrogen-bond donors (Lipinski definition) is 2. The Kier molecular flexibility index (Phi) is 6.79. The summed E-state index contributed by atoms with van der Waals surface area (Å²) < 4.78 is 45.6. The van der Waals surface area contributed by atoms with Crippen molar-refractivity contribution < 1.29 is 32.6 Å². The van der Waals surface area contributed by atoms with E-state index in [2.05, 4.69) is 5.32 Å². The van der Waals surface area contributed by atoms with E-state index in [1.54, 1.807) is 6.07 Å². The van der Waals surface area contributed by atoms with Crippen LogP contribution < -0.4 is 10.1 Å². The zero-order valence-electron chi connectivity index (χ0n) is 22.0. The lowest BCUT2D eigenvalue weighted by molar-refractivity contribution is -0.184. The second-order valence-electron chi connectivity index (χ2n) is 12.8. The maximum Gasteiger partial charge on any atom is 0.391 e. The van der Waals surface area contributed by atoms with E-state index in [4.69, 9.17) is 4.74 Å². The van der Waals surface area contributed by atoms with Gasteiger partial charge in [0.05, 0.1) is 18.1 Å². The molecule has 1 amide bonds. The number of carbonyl (C=O) groups is 2. The van der Waals surface area contributed by atoms with Crippen molar-refractivity contribution in [2.45, 2.75) is 76.4 Å². The number of hydrogen-bond acceptors (Lipinski definition) is 3. The number of carbonyl (C=O) groups excluding carboxylic acids is 1. The van der Waals surface area contributed by atoms with E-state index in [9.17, 15) is 27.9 Å². The van der Waals surface area contributed by atoms with Gasteiger partial charge in [0.15, 0.2) is 0 Å². The van der Waals surface area contributed by atoms with Crippen molar-refractivity contribution in [3.05, 3.63) is 42.0 Å². The number of carboxylic acid groups (broad SMARTS) is 1. The summed E-state index contributed by atoms with van der Waals surface area (Å²) in [6, 6.07) is 10.0. The van der Waals surface area contributed by atoms with Crippen LogP contribution in [0, 0.1) is 35.0 Å². The molecule has 0 heterocycles. The first-order valence-electron chi connectivity index (χ1n) is 14.4. The number of ether oxygens (including phenoxy) is 1. The van der Waals surface area contributed by atoms with Gasteiger partial charge in [-0.2, -0.15) is 13.2 Å². The third kappa shape index (κ3) is 5.11. The Bertz CT molecular complexity index is 1210. The van der Waals surface area contributed by atoms with E-state index < -0.39 is 35.4 Å². The van der Waals surface area contributed by atoms with Crippen LogP contribution in [-0.2, 0) is 4.79 Å². The number of amides is 1. The van der Waals surface area contributed by atoms with Crippen LogP contribution in [0.4, 0.5) is 13.2 Å². The third-order valence-electron chi connectivity index (χ3n) is 10.1. The Morgan fingerprint density at radius 1 is 0.949 bits per heavy atom. The molecule has 5 aliphatic carbocycles. The molecule has 0 aromatic heterocycles. The van der Waals surface area contributed by atoms with Gasteiger partial charge in [-0.15, -0.1) is 0 Å². The molecule has 0 unspecified atom stereocenters. The van der Waals surface area contributed by atoms with Crippen LogP contribution in [0.2, 0.25) is 0 Å². The van der Waals surface area contributed by atoms with Gasteiger partial charge < -0.3 is 15.2 Å². The number of halogens is 3. The predicted molar refractivity (Wildman–Crippen MR) is 140 cm³/mol. The zero-order valence-corrected chi connectivity index (χ0v) is 22.0. The minimum absolute atomic E-state index is 0.0303. The molecule has 5 saturated carbocycles. The number of benzene rings is 2. The number of rotatable bonds is 7. The second-order valence-corrected chi connectivity index (χ2v) is 12.8. The van der Waals surface area contributed by atoms with Crippen molar-refractivity contribution in [1.82, 2.24) is 5.32 Å². The maximum atomic E-state index is 13.7. The molecular formula is C31H36F3NO4. The van der Waals surface area contributed by atoms with E-state index in [1.165, 1.54) is 19.3 Å². The highest BCUT2D eigenvalue weighted by molar-refractivity contribution is 6.05. The Morgan fingerprint density at radius 2 is 1.56 bits per heavy atom. The lowest BCUT2D eigenvalue weighted by Crippen LogP contribution is -2.59. The summed E-state index contributed by atoms with van der Waals surface area (Å²) >= 11 is 0. The van der Waals surface area contributed by atoms with Crippen molar-refractivity contribution in [3.8, 4) is 5.75 Å². The molecule has 1 atom stereocenters. The Labute approximate surface area is 226 Å². The summed E-state index contributed by atoms with van der Waals surface area (Å²) in [5.74, 6) is -0.749. The summed E-state index contributed by atoms with van der Waals surface area (Å²) in [4.78, 5) is 26.3. The molecule has 39 heavy (non-hydrogen) atoms. The first-order chi connectivity index (χ1) is 18.6. The van der Waals surface area contributed by atoms with Crippen LogP contribution in [0.1, 0.15) is 74.6 Å². The minimum atomic E-state index is -4.16. The summed E-state index contributed by atoms with van der Waals surface area (Å²) in [5.41, 5.74) is -0.140. The van der Waals surface area contributed by atoms with Crippen molar-refractivity contribution in [2.24, 2.45) is 35.0 Å². The number of carboxylic acids is 1. The van der Waals surface area contributed by atoms with Crippen molar-refractivity contribution in [3.63, 3.8) is 0 Å². The van der Waals surface area contributed by atoms with Gasteiger partial charge in [0.2, 0.25) is 0 Å². The molecular weight excluding hydrogens is 507 g/mol. The smallest absolute Gasteiger partial charge is 0.391 e. The van der Waals surface area contributed by atoms with E-state index in [1.807, 2.05) is 30.3 Å². The van der Waals surface area contributed by atoms with Crippen molar-refractivity contribution >= 4 is 22.6 Å². The lowest BCUT2D eigenvalue weighted by Gasteiger charge is -2.58. The number of nitrogens with one attached hydrogen (secondary N) is 1. The molecule has 0 saturated heterocycles. The third-order valence-corrected chi connectivity index (χ3v) is 10.1. The zero-order chi connectivity index (χ0) is 27.4. The Hall–Kier alpha value is -2.77. The Morgan fingerprint density at radius 3 is 2.15 bits per heavy atom. The van der Waals surface area contributed by atoms with E-state index in [0.29, 0.717) is 36.3 Å². The molecule has 2 aromatic rings. The fourth-order valence-corrected chi connectivity index (χ4v) is 8.65. The number of fused-ring (bicyclic) bond motifs is 1. The van der Waals surface area contributed by atoms with Gasteiger partial charge in [-0.05, 0) is 99.3 Å². The predicted octanol–water partition coefficient (Wildman–Crippen LogP) is 6.99. The molecule has 210 valence electrons. The van der Waals surface area contributed by atoms with E-state index in [0.717, 1.165) is 30.0 Å². The van der Waals surface area contributed by atoms with Crippen LogP contribution in [0.5, 0.6) is 5.75 Å². The van der Waals surface area contributed by atoms with Crippen LogP contribution in [0.25, 0.3) is 10.8 Å². The van der Waals surface area contributed by atoms with Gasteiger partial charge in [-0.1, -0.05) is 30.3 Å². The van der Waals surface area contributed by atoms with Gasteiger partial charge in [0.25, 0.3) is 5.91 Å². The fourth-order valence-electron chi connectivity index (χ4n) is 8.65. The Balaban J connectivity index is 1.23. The van der Waals surface area contributed by atoms with Crippen LogP contribution in [-0.4, -0.2) is 35.8 Å². The molecule has 0 radical (unpaired) electrons. The average molecular weight is 544 g/mol. The second kappa shape index (κ2) is 10.0. The number of alkyl halides is 3. The highest BCUT2D eigenvalue weighted by atomic mass is 19.4. The highest BCUT2D eigenvalue weighted by Crippen LogP contribution is 2.61. The quantitative estimate of drug-likeness (QED) is 0.395. The standard InChI is InChI=1S/C31H36F3NO4/c32-31(33,34)23-8-5-18(6-9-23)17-39-26-24-4-2-1-3-22(24)7-10-25(26)28(36)35-27(29(37)38)30-14-19-11-20(15-30)13-21(12-19)16-30/h1-4,7,10,18-21,23,27H,5-6,8-9,11-17H2,(H,35,36)(H,37,38)/t18-,19?,20?,21?,23+,27-,30?/m1/s1. The van der Waals surface area contributed by atoms with Crippen molar-refractivity contribution in [2.75, 3.05) is 6.61 Å². The van der Waals surface area contributed by atoms with Gasteiger partial charge in [0.1, 0.15) is 11.8 Å². The molecule has 2 N–H and O–H groups in total. The van der Waals surface area contributed by atoms with Crippen LogP contribution in [0.15, 0.2) is 36.4 Å². The monoisotopic (exact) mass is 543 g/mol. The molecule has 0 spiro atoms. The average Bonchev–Trinajstić information content (AvgIpc) is 2.89. The van der Waals surface area contributed by atoms with Crippen LogP contribution in [0.3, 0.4) is 0 Å². The summed E-state index contributed by atoms with van der Waals surface area (Å²) in [6.45, 7) is 0.218. The normalized spacial score (nSPS) is 32.6. The maximum absolute atomic E-state index is 13.7. The fraction of sp³-hybridized carbons (Fsp3) is 0.613. The highest BCUT2D eigenvalue weighted by Gasteiger charge is 2.56. The molecule has 5 aliphatic rings. The first kappa shape index (κ1) is 26.5. The molecule has 0 aliphatic heterocycles. The van der Waals surface area contributed by atoms with Gasteiger partial charge in [0, 0.05) is 10.8 Å². The molecule has 8 heteroatoms. The molecule has 7 rings (SSSR count). The first-order valence-corrected chi connectivity index (χ1v) is 14.4. The summed E-state index contributed by atoms with van der Waals surface area (Å²) in [5, 5.41) is 14.8. The van der Waals surface area contributed by atoms with E-state index >= 15 is 0 Å². The molecule has 5 fully saturated rings. The largest absolute Gasteiger partial charge is 0.492 e. The summed E-state index contributed by atoms with van der Waals surface area (Å²) in [6.07, 6.45) is 2.91. The van der Waals surface area contributed by atoms with Gasteiger partial charge in [-0.25, -0.2) is 4.79 Å². The number of aliphatic carboxylic acids is 1. The SMILES string of the molecule is O=C(N[C@H](C(=O)O)C12CC3CC(CC(C3)C1)C2)c1ccc2ccccc2c1OC[C@H]1CC[C@@H](C(F)(F)F)CC1. The van der Waals surface area contributed by atoms with Gasteiger partial charge in [-0.3, -0.25) is 4.79 Å². The lowest BCUT2D eigenvalue weighted by atomic mass is 9.47. The van der Waals surface area contributed by atoms with Crippen LogP contribution >= 0.6 is 0 Å². The minimum Gasteiger partial charge on any atom is -0.492 e. The topological polar surface area (TPSA) is 75.6 Å². The molecule has 2 aromatic carbocycles.